The summed E-state index contributed by atoms with van der Waals surface area (Å²) in [6, 6.07) is 4.20. The molecular weight excluding hydrogens is 252 g/mol. The lowest BCUT2D eigenvalue weighted by Crippen LogP contribution is -2.33. The van der Waals surface area contributed by atoms with Crippen molar-refractivity contribution in [2.45, 2.75) is 26.8 Å². The number of carbonyl (C=O) groups excluding carboxylic acids is 1. The molecule has 110 valence electrons. The average molecular weight is 276 g/mol. The molecule has 1 fully saturated rings. The van der Waals surface area contributed by atoms with E-state index >= 15 is 0 Å². The van der Waals surface area contributed by atoms with Gasteiger partial charge in [-0.25, -0.2) is 4.98 Å². The number of aromatic nitrogens is 1. The van der Waals surface area contributed by atoms with Crippen LogP contribution in [0.15, 0.2) is 18.3 Å². The first-order valence-electron chi connectivity index (χ1n) is 7.37. The van der Waals surface area contributed by atoms with Gasteiger partial charge in [0.2, 0.25) is 5.91 Å². The first-order chi connectivity index (χ1) is 9.70. The zero-order valence-electron chi connectivity index (χ0n) is 12.4. The summed E-state index contributed by atoms with van der Waals surface area (Å²) in [5.41, 5.74) is 1.20. The van der Waals surface area contributed by atoms with Gasteiger partial charge in [0.05, 0.1) is 0 Å². The van der Waals surface area contributed by atoms with Crippen LogP contribution in [0, 0.1) is 0 Å². The zero-order valence-corrected chi connectivity index (χ0v) is 12.4. The van der Waals surface area contributed by atoms with Crippen molar-refractivity contribution < 1.29 is 4.79 Å². The molecule has 1 N–H and O–H groups in total. The first-order valence-corrected chi connectivity index (χ1v) is 7.37. The highest BCUT2D eigenvalue weighted by Crippen LogP contribution is 2.14. The summed E-state index contributed by atoms with van der Waals surface area (Å²) in [5.74, 6) is 1.18. The van der Waals surface area contributed by atoms with Crippen molar-refractivity contribution in [3.8, 4) is 0 Å². The molecule has 0 spiro atoms. The predicted molar refractivity (Wildman–Crippen MR) is 80.7 cm³/mol. The van der Waals surface area contributed by atoms with E-state index in [-0.39, 0.29) is 5.91 Å². The molecule has 1 aromatic heterocycles. The zero-order chi connectivity index (χ0) is 14.4. The molecule has 5 nitrogen and oxygen atoms in total. The van der Waals surface area contributed by atoms with E-state index in [1.54, 1.807) is 6.92 Å². The number of anilines is 1. The van der Waals surface area contributed by atoms with E-state index in [0.29, 0.717) is 0 Å². The van der Waals surface area contributed by atoms with Gasteiger partial charge in [-0.2, -0.15) is 0 Å². The predicted octanol–water partition coefficient (Wildman–Crippen LogP) is 1.25. The standard InChI is InChI=1S/C15H24N4O/c1-3-16-11-14-5-6-15(17-12-14)19-8-4-7-18(9-10-19)13(2)20/h5-6,12,16H,3-4,7-11H2,1-2H3. The van der Waals surface area contributed by atoms with Crippen LogP contribution in [0.1, 0.15) is 25.8 Å². The Kier molecular flexibility index (Phi) is 5.35. The minimum atomic E-state index is 0.167. The molecule has 0 aliphatic carbocycles. The van der Waals surface area contributed by atoms with E-state index in [1.807, 2.05) is 11.1 Å². The minimum absolute atomic E-state index is 0.167. The number of nitrogens with zero attached hydrogens (tertiary/aromatic N) is 3. The molecule has 0 unspecified atom stereocenters. The maximum atomic E-state index is 11.4. The molecule has 1 aliphatic rings. The Morgan fingerprint density at radius 2 is 2.15 bits per heavy atom. The van der Waals surface area contributed by atoms with Gasteiger partial charge in [0, 0.05) is 45.8 Å². The quantitative estimate of drug-likeness (QED) is 0.899. The topological polar surface area (TPSA) is 48.5 Å². The molecule has 1 aromatic rings. The van der Waals surface area contributed by atoms with Crippen molar-refractivity contribution in [3.63, 3.8) is 0 Å². The van der Waals surface area contributed by atoms with Crippen LogP contribution in [0.25, 0.3) is 0 Å². The molecule has 0 aromatic carbocycles. The molecule has 0 bridgehead atoms. The van der Waals surface area contributed by atoms with Gasteiger partial charge in [-0.15, -0.1) is 0 Å². The average Bonchev–Trinajstić information content (AvgIpc) is 2.71. The molecule has 1 saturated heterocycles. The molecule has 2 rings (SSSR count). The van der Waals surface area contributed by atoms with Gasteiger partial charge in [-0.05, 0) is 24.6 Å². The SMILES string of the molecule is CCNCc1ccc(N2CCCN(C(C)=O)CC2)nc1. The summed E-state index contributed by atoms with van der Waals surface area (Å²) in [6.07, 6.45) is 2.94. The fourth-order valence-corrected chi connectivity index (χ4v) is 2.44. The Balaban J connectivity index is 1.95. The third-order valence-corrected chi connectivity index (χ3v) is 3.65. The normalized spacial score (nSPS) is 16.1. The highest BCUT2D eigenvalue weighted by molar-refractivity contribution is 5.73. The Hall–Kier alpha value is -1.62. The summed E-state index contributed by atoms with van der Waals surface area (Å²) >= 11 is 0. The maximum absolute atomic E-state index is 11.4. The lowest BCUT2D eigenvalue weighted by atomic mass is 10.2. The maximum Gasteiger partial charge on any atom is 0.219 e. The molecule has 20 heavy (non-hydrogen) atoms. The van der Waals surface area contributed by atoms with E-state index in [2.05, 4.69) is 34.3 Å². The summed E-state index contributed by atoms with van der Waals surface area (Å²) < 4.78 is 0. The van der Waals surface area contributed by atoms with Crippen molar-refractivity contribution in [1.29, 1.82) is 0 Å². The second kappa shape index (κ2) is 7.24. The van der Waals surface area contributed by atoms with Crippen LogP contribution >= 0.6 is 0 Å². The Bertz CT molecular complexity index is 432. The van der Waals surface area contributed by atoms with Gasteiger partial charge in [-0.3, -0.25) is 4.79 Å². The second-order valence-corrected chi connectivity index (χ2v) is 5.15. The Morgan fingerprint density at radius 3 is 2.80 bits per heavy atom. The smallest absolute Gasteiger partial charge is 0.219 e. The van der Waals surface area contributed by atoms with Crippen LogP contribution in [0.2, 0.25) is 0 Å². The van der Waals surface area contributed by atoms with Crippen LogP contribution in [0.4, 0.5) is 5.82 Å². The van der Waals surface area contributed by atoms with Gasteiger partial charge in [-0.1, -0.05) is 13.0 Å². The van der Waals surface area contributed by atoms with Crippen LogP contribution in [0.3, 0.4) is 0 Å². The number of carbonyl (C=O) groups is 1. The van der Waals surface area contributed by atoms with E-state index in [0.717, 1.165) is 51.5 Å². The molecule has 0 saturated carbocycles. The lowest BCUT2D eigenvalue weighted by Gasteiger charge is -2.22. The van der Waals surface area contributed by atoms with Gasteiger partial charge in [0.15, 0.2) is 0 Å². The molecule has 0 atom stereocenters. The molecule has 1 amide bonds. The van der Waals surface area contributed by atoms with Crippen LogP contribution in [0.5, 0.6) is 0 Å². The highest BCUT2D eigenvalue weighted by Gasteiger charge is 2.17. The third-order valence-electron chi connectivity index (χ3n) is 3.65. The minimum Gasteiger partial charge on any atom is -0.355 e. The number of nitrogens with one attached hydrogen (secondary N) is 1. The summed E-state index contributed by atoms with van der Waals surface area (Å²) in [6.45, 7) is 9.03. The third kappa shape index (κ3) is 3.93. The number of rotatable bonds is 4. The van der Waals surface area contributed by atoms with Crippen molar-refractivity contribution >= 4 is 11.7 Å². The van der Waals surface area contributed by atoms with Crippen LogP contribution in [-0.4, -0.2) is 48.5 Å². The van der Waals surface area contributed by atoms with Crippen molar-refractivity contribution in [3.05, 3.63) is 23.9 Å². The number of pyridine rings is 1. The molecule has 2 heterocycles. The van der Waals surface area contributed by atoms with E-state index in [9.17, 15) is 4.79 Å². The summed E-state index contributed by atoms with van der Waals surface area (Å²) in [7, 11) is 0. The van der Waals surface area contributed by atoms with Gasteiger partial charge >= 0.3 is 0 Å². The van der Waals surface area contributed by atoms with Gasteiger partial charge in [0.25, 0.3) is 0 Å². The first kappa shape index (κ1) is 14.8. The van der Waals surface area contributed by atoms with Gasteiger partial charge in [0.1, 0.15) is 5.82 Å². The van der Waals surface area contributed by atoms with Crippen LogP contribution in [-0.2, 0) is 11.3 Å². The van der Waals surface area contributed by atoms with Gasteiger partial charge < -0.3 is 15.1 Å². The molecule has 5 heteroatoms. The lowest BCUT2D eigenvalue weighted by molar-refractivity contribution is -0.128. The monoisotopic (exact) mass is 276 g/mol. The van der Waals surface area contributed by atoms with Crippen molar-refractivity contribution in [2.24, 2.45) is 0 Å². The van der Waals surface area contributed by atoms with E-state index in [4.69, 9.17) is 0 Å². The van der Waals surface area contributed by atoms with E-state index in [1.165, 1.54) is 5.56 Å². The Labute approximate surface area is 121 Å². The molecule has 1 aliphatic heterocycles. The fourth-order valence-electron chi connectivity index (χ4n) is 2.44. The summed E-state index contributed by atoms with van der Waals surface area (Å²) in [5, 5.41) is 3.29. The second-order valence-electron chi connectivity index (χ2n) is 5.15. The van der Waals surface area contributed by atoms with E-state index < -0.39 is 0 Å². The number of hydrogen-bond donors (Lipinski definition) is 1. The number of hydrogen-bond acceptors (Lipinski definition) is 4. The molecule has 0 radical (unpaired) electrons. The highest BCUT2D eigenvalue weighted by atomic mass is 16.2. The van der Waals surface area contributed by atoms with Crippen LogP contribution < -0.4 is 10.2 Å². The van der Waals surface area contributed by atoms with Crippen molar-refractivity contribution in [1.82, 2.24) is 15.2 Å². The number of amides is 1. The largest absolute Gasteiger partial charge is 0.355 e. The summed E-state index contributed by atoms with van der Waals surface area (Å²) in [4.78, 5) is 20.2. The Morgan fingerprint density at radius 1 is 1.30 bits per heavy atom. The molecular formula is C15H24N4O. The fraction of sp³-hybridized carbons (Fsp3) is 0.600. The van der Waals surface area contributed by atoms with Crippen molar-refractivity contribution in [2.75, 3.05) is 37.6 Å².